The van der Waals surface area contributed by atoms with Crippen LogP contribution in [0.15, 0.2) is 36.0 Å². The number of ketones is 1. The number of likely N-dealkylation sites (N-methyl/N-ethyl adjacent to an activating group) is 1. The third-order valence-corrected chi connectivity index (χ3v) is 4.97. The number of nitrogens with one attached hydrogen (secondary N) is 1. The van der Waals surface area contributed by atoms with Gasteiger partial charge in [0.1, 0.15) is 6.54 Å². The van der Waals surface area contributed by atoms with Crippen molar-refractivity contribution in [1.29, 1.82) is 0 Å². The lowest BCUT2D eigenvalue weighted by molar-refractivity contribution is -0.878. The van der Waals surface area contributed by atoms with E-state index in [0.29, 0.717) is 6.54 Å². The number of hydrogen-bond donors (Lipinski definition) is 1. The van der Waals surface area contributed by atoms with Crippen LogP contribution in [0.2, 0.25) is 0 Å². The second-order valence-electron chi connectivity index (χ2n) is 6.83. The van der Waals surface area contributed by atoms with Gasteiger partial charge in [0.25, 0.3) is 0 Å². The summed E-state index contributed by atoms with van der Waals surface area (Å²) in [5, 5.41) is 0. The molecule has 3 nitrogen and oxygen atoms in total. The van der Waals surface area contributed by atoms with Crippen LogP contribution in [0, 0.1) is 0 Å². The number of fused-ring (bicyclic) bond motifs is 1. The SMILES string of the molecule is CN1/C(=C/C(=O)C[NH+]2CCCC2)C(C)(C)c2ccccc21. The molecule has 2 aliphatic heterocycles. The quantitative estimate of drug-likeness (QED) is 0.852. The van der Waals surface area contributed by atoms with Crippen molar-refractivity contribution >= 4 is 11.5 Å². The molecule has 3 heteroatoms. The van der Waals surface area contributed by atoms with Crippen LogP contribution >= 0.6 is 0 Å². The third-order valence-electron chi connectivity index (χ3n) is 4.97. The van der Waals surface area contributed by atoms with Crippen molar-refractivity contribution in [2.24, 2.45) is 0 Å². The maximum absolute atomic E-state index is 12.4. The van der Waals surface area contributed by atoms with E-state index in [0.717, 1.165) is 18.8 Å². The summed E-state index contributed by atoms with van der Waals surface area (Å²) in [7, 11) is 2.06. The molecule has 2 heterocycles. The molecule has 21 heavy (non-hydrogen) atoms. The minimum Gasteiger partial charge on any atom is -0.347 e. The third kappa shape index (κ3) is 2.51. The lowest BCUT2D eigenvalue weighted by Gasteiger charge is -2.24. The highest BCUT2D eigenvalue weighted by atomic mass is 16.1. The van der Waals surface area contributed by atoms with E-state index in [1.54, 1.807) is 0 Å². The number of anilines is 1. The summed E-state index contributed by atoms with van der Waals surface area (Å²) in [6, 6.07) is 8.44. The molecule has 0 bridgehead atoms. The fourth-order valence-electron chi connectivity index (χ4n) is 3.76. The molecule has 1 aromatic carbocycles. The predicted octanol–water partition coefficient (Wildman–Crippen LogP) is 1.55. The van der Waals surface area contributed by atoms with E-state index in [2.05, 4.69) is 50.1 Å². The van der Waals surface area contributed by atoms with Crippen LogP contribution in [0.25, 0.3) is 0 Å². The first kappa shape index (κ1) is 14.3. The molecule has 0 atom stereocenters. The second-order valence-corrected chi connectivity index (χ2v) is 6.83. The van der Waals surface area contributed by atoms with Gasteiger partial charge in [-0.3, -0.25) is 4.79 Å². The van der Waals surface area contributed by atoms with Crippen molar-refractivity contribution in [2.45, 2.75) is 32.1 Å². The van der Waals surface area contributed by atoms with Crippen molar-refractivity contribution in [1.82, 2.24) is 0 Å². The molecule has 0 radical (unpaired) electrons. The number of carbonyl (C=O) groups is 1. The monoisotopic (exact) mass is 285 g/mol. The van der Waals surface area contributed by atoms with Crippen LogP contribution in [0.4, 0.5) is 5.69 Å². The number of carbonyl (C=O) groups excluding carboxylic acids is 1. The van der Waals surface area contributed by atoms with Gasteiger partial charge >= 0.3 is 0 Å². The molecule has 0 aliphatic carbocycles. The van der Waals surface area contributed by atoms with Gasteiger partial charge < -0.3 is 9.80 Å². The Morgan fingerprint density at radius 1 is 1.29 bits per heavy atom. The Bertz CT molecular complexity index is 583. The van der Waals surface area contributed by atoms with E-state index in [-0.39, 0.29) is 11.2 Å². The maximum atomic E-state index is 12.4. The van der Waals surface area contributed by atoms with E-state index < -0.39 is 0 Å². The van der Waals surface area contributed by atoms with Gasteiger partial charge in [-0.1, -0.05) is 32.0 Å². The first-order chi connectivity index (χ1) is 10.00. The number of rotatable bonds is 3. The van der Waals surface area contributed by atoms with Crippen molar-refractivity contribution in [2.75, 3.05) is 31.6 Å². The molecule has 1 N–H and O–H groups in total. The molecule has 0 aromatic heterocycles. The van der Waals surface area contributed by atoms with Crippen LogP contribution < -0.4 is 9.80 Å². The summed E-state index contributed by atoms with van der Waals surface area (Å²) in [5.74, 6) is 0.259. The molecule has 1 saturated heterocycles. The average molecular weight is 285 g/mol. The molecule has 0 amide bonds. The lowest BCUT2D eigenvalue weighted by Crippen LogP contribution is -3.10. The van der Waals surface area contributed by atoms with Crippen molar-refractivity contribution in [3.05, 3.63) is 41.6 Å². The Balaban J connectivity index is 1.85. The molecule has 112 valence electrons. The topological polar surface area (TPSA) is 24.8 Å². The zero-order valence-corrected chi connectivity index (χ0v) is 13.3. The number of benzene rings is 1. The molecule has 1 aromatic rings. The summed E-state index contributed by atoms with van der Waals surface area (Å²) in [6.07, 6.45) is 4.40. The fraction of sp³-hybridized carbons (Fsp3) is 0.500. The van der Waals surface area contributed by atoms with E-state index in [4.69, 9.17) is 0 Å². The fourth-order valence-corrected chi connectivity index (χ4v) is 3.76. The highest BCUT2D eigenvalue weighted by Gasteiger charge is 2.38. The Morgan fingerprint density at radius 2 is 1.95 bits per heavy atom. The highest BCUT2D eigenvalue weighted by Crippen LogP contribution is 2.46. The van der Waals surface area contributed by atoms with Crippen molar-refractivity contribution in [3.8, 4) is 0 Å². The number of hydrogen-bond acceptors (Lipinski definition) is 2. The molecule has 1 fully saturated rings. The van der Waals surface area contributed by atoms with Gasteiger partial charge in [-0.05, 0) is 11.6 Å². The number of nitrogens with zero attached hydrogens (tertiary/aromatic N) is 1. The van der Waals surface area contributed by atoms with E-state index >= 15 is 0 Å². The van der Waals surface area contributed by atoms with Gasteiger partial charge in [-0.15, -0.1) is 0 Å². The average Bonchev–Trinajstić information content (AvgIpc) is 3.02. The molecular weight excluding hydrogens is 260 g/mol. The molecule has 0 spiro atoms. The molecule has 0 unspecified atom stereocenters. The number of quaternary nitrogens is 1. The van der Waals surface area contributed by atoms with Crippen LogP contribution in [0.1, 0.15) is 32.3 Å². The summed E-state index contributed by atoms with van der Waals surface area (Å²) in [4.78, 5) is 16.0. The van der Waals surface area contributed by atoms with E-state index in [1.807, 2.05) is 6.08 Å². The first-order valence-corrected chi connectivity index (χ1v) is 7.92. The lowest BCUT2D eigenvalue weighted by atomic mass is 9.83. The van der Waals surface area contributed by atoms with Crippen molar-refractivity contribution in [3.63, 3.8) is 0 Å². The zero-order valence-electron chi connectivity index (χ0n) is 13.3. The minimum absolute atomic E-state index is 0.0959. The van der Waals surface area contributed by atoms with Crippen molar-refractivity contribution < 1.29 is 9.69 Å². The van der Waals surface area contributed by atoms with Gasteiger partial charge in [0.05, 0.1) is 13.1 Å². The summed E-state index contributed by atoms with van der Waals surface area (Å²) < 4.78 is 0. The Labute approximate surface area is 127 Å². The van der Waals surface area contributed by atoms with Gasteiger partial charge in [0, 0.05) is 42.8 Å². The second kappa shape index (κ2) is 5.30. The number of allylic oxidation sites excluding steroid dienone is 1. The van der Waals surface area contributed by atoms with Crippen LogP contribution in [0.5, 0.6) is 0 Å². The molecular formula is C18H25N2O+. The first-order valence-electron chi connectivity index (χ1n) is 7.92. The minimum atomic E-state index is -0.0959. The molecule has 3 rings (SSSR count). The summed E-state index contributed by atoms with van der Waals surface area (Å²) >= 11 is 0. The summed E-state index contributed by atoms with van der Waals surface area (Å²) in [5.41, 5.74) is 3.55. The maximum Gasteiger partial charge on any atom is 0.211 e. The van der Waals surface area contributed by atoms with E-state index in [1.165, 1.54) is 29.0 Å². The Morgan fingerprint density at radius 3 is 2.62 bits per heavy atom. The van der Waals surface area contributed by atoms with Crippen LogP contribution in [0.3, 0.4) is 0 Å². The largest absolute Gasteiger partial charge is 0.347 e. The smallest absolute Gasteiger partial charge is 0.211 e. The highest BCUT2D eigenvalue weighted by molar-refractivity contribution is 5.93. The van der Waals surface area contributed by atoms with E-state index in [9.17, 15) is 4.79 Å². The standard InChI is InChI=1S/C18H24N2O/c1-18(2)15-8-4-5-9-16(15)19(3)17(18)12-14(21)13-20-10-6-7-11-20/h4-5,8-9,12H,6-7,10-11,13H2,1-3H3/p+1/b17-12+. The van der Waals surface area contributed by atoms with Crippen LogP contribution in [-0.4, -0.2) is 32.5 Å². The Hall–Kier alpha value is -1.61. The number of likely N-dealkylation sites (tertiary alicyclic amines) is 1. The van der Waals surface area contributed by atoms with Crippen LogP contribution in [-0.2, 0) is 10.2 Å². The number of para-hydroxylation sites is 1. The van der Waals surface area contributed by atoms with Gasteiger partial charge in [-0.25, -0.2) is 0 Å². The summed E-state index contributed by atoms with van der Waals surface area (Å²) in [6.45, 7) is 7.35. The zero-order chi connectivity index (χ0) is 15.0. The molecule has 0 saturated carbocycles. The predicted molar refractivity (Wildman–Crippen MR) is 85.8 cm³/mol. The van der Waals surface area contributed by atoms with Gasteiger partial charge in [0.2, 0.25) is 5.78 Å². The normalized spacial score (nSPS) is 22.8. The molecule has 2 aliphatic rings. The van der Waals surface area contributed by atoms with Gasteiger partial charge in [0.15, 0.2) is 0 Å². The van der Waals surface area contributed by atoms with Gasteiger partial charge in [-0.2, -0.15) is 0 Å². The Kier molecular flexibility index (Phi) is 3.62.